The van der Waals surface area contributed by atoms with Crippen molar-refractivity contribution in [1.82, 2.24) is 14.6 Å². The Labute approximate surface area is 174 Å². The van der Waals surface area contributed by atoms with Crippen molar-refractivity contribution >= 4 is 53.3 Å². The van der Waals surface area contributed by atoms with E-state index in [1.165, 1.54) is 11.3 Å². The van der Waals surface area contributed by atoms with E-state index < -0.39 is 10.0 Å². The molecule has 0 unspecified atom stereocenters. The standard InChI is InChI=1S/C18H28N4O3S3/c1-4-11-28(24,25)20-13-7-9-22(10-8-13)17(23)15-12-14-16(26-15)19-18(27-14)21(5-2)6-3/h12-13,20H,4-11H2,1-3H3. The summed E-state index contributed by atoms with van der Waals surface area (Å²) >= 11 is 3.07. The molecule has 1 amide bonds. The third-order valence-corrected chi connectivity index (χ3v) is 8.77. The highest BCUT2D eigenvalue weighted by molar-refractivity contribution is 7.89. The second kappa shape index (κ2) is 9.06. The first-order valence-electron chi connectivity index (χ1n) is 9.81. The predicted octanol–water partition coefficient (Wildman–Crippen LogP) is 3.14. The number of nitrogens with zero attached hydrogens (tertiary/aromatic N) is 3. The van der Waals surface area contributed by atoms with Gasteiger partial charge in [-0.2, -0.15) is 0 Å². The third kappa shape index (κ3) is 4.84. The van der Waals surface area contributed by atoms with E-state index in [1.807, 2.05) is 17.9 Å². The number of sulfonamides is 1. The number of carbonyl (C=O) groups excluding carboxylic acids is 1. The number of rotatable bonds is 8. The SMILES string of the molecule is CCCS(=O)(=O)NC1CCN(C(=O)c2cc3sc(N(CC)CC)nc3s2)CC1. The van der Waals surface area contributed by atoms with Crippen molar-refractivity contribution < 1.29 is 13.2 Å². The van der Waals surface area contributed by atoms with Gasteiger partial charge in [-0.1, -0.05) is 18.3 Å². The maximum Gasteiger partial charge on any atom is 0.264 e. The zero-order valence-corrected chi connectivity index (χ0v) is 19.1. The summed E-state index contributed by atoms with van der Waals surface area (Å²) in [6.45, 7) is 9.05. The van der Waals surface area contributed by atoms with Crippen LogP contribution < -0.4 is 9.62 Å². The Bertz CT molecular complexity index is 878. The van der Waals surface area contributed by atoms with Gasteiger partial charge in [0.2, 0.25) is 10.0 Å². The fraction of sp³-hybridized carbons (Fsp3) is 0.667. The Morgan fingerprint density at radius 3 is 2.50 bits per heavy atom. The van der Waals surface area contributed by atoms with Crippen molar-refractivity contribution in [1.29, 1.82) is 0 Å². The number of fused-ring (bicyclic) bond motifs is 1. The molecule has 0 spiro atoms. The summed E-state index contributed by atoms with van der Waals surface area (Å²) in [5, 5.41) is 1.01. The van der Waals surface area contributed by atoms with Gasteiger partial charge in [0.15, 0.2) is 5.13 Å². The number of hydrogen-bond acceptors (Lipinski definition) is 7. The molecule has 28 heavy (non-hydrogen) atoms. The van der Waals surface area contributed by atoms with Crippen molar-refractivity contribution in [2.75, 3.05) is 36.8 Å². The topological polar surface area (TPSA) is 82.6 Å². The van der Waals surface area contributed by atoms with Gasteiger partial charge >= 0.3 is 0 Å². The minimum absolute atomic E-state index is 0.0226. The monoisotopic (exact) mass is 444 g/mol. The quantitative estimate of drug-likeness (QED) is 0.676. The van der Waals surface area contributed by atoms with Crippen LogP contribution in [0.1, 0.15) is 49.7 Å². The van der Waals surface area contributed by atoms with Crippen molar-refractivity contribution in [3.8, 4) is 0 Å². The van der Waals surface area contributed by atoms with E-state index >= 15 is 0 Å². The van der Waals surface area contributed by atoms with Crippen LogP contribution in [-0.2, 0) is 10.0 Å². The molecule has 1 fully saturated rings. The molecule has 0 aliphatic carbocycles. The minimum Gasteiger partial charge on any atom is -0.349 e. The van der Waals surface area contributed by atoms with Gasteiger partial charge in [-0.05, 0) is 39.2 Å². The Morgan fingerprint density at radius 2 is 1.93 bits per heavy atom. The van der Waals surface area contributed by atoms with E-state index in [-0.39, 0.29) is 17.7 Å². The molecule has 0 bridgehead atoms. The summed E-state index contributed by atoms with van der Waals surface area (Å²) < 4.78 is 27.7. The van der Waals surface area contributed by atoms with Gasteiger partial charge in [0.05, 0.1) is 15.3 Å². The molecule has 0 atom stereocenters. The Hall–Kier alpha value is -1.23. The van der Waals surface area contributed by atoms with Crippen molar-refractivity contribution in [3.05, 3.63) is 10.9 Å². The second-order valence-corrected chi connectivity index (χ2v) is 10.9. The van der Waals surface area contributed by atoms with Crippen LogP contribution in [0, 0.1) is 0 Å². The highest BCUT2D eigenvalue weighted by Gasteiger charge is 2.27. The van der Waals surface area contributed by atoms with Crippen molar-refractivity contribution in [2.24, 2.45) is 0 Å². The predicted molar refractivity (Wildman–Crippen MR) is 117 cm³/mol. The summed E-state index contributed by atoms with van der Waals surface area (Å²) in [6, 6.07) is 1.87. The van der Waals surface area contributed by atoms with Crippen LogP contribution in [-0.4, -0.2) is 62.2 Å². The lowest BCUT2D eigenvalue weighted by Gasteiger charge is -2.32. The molecule has 156 valence electrons. The lowest BCUT2D eigenvalue weighted by atomic mass is 10.1. The zero-order valence-electron chi connectivity index (χ0n) is 16.6. The minimum atomic E-state index is -3.21. The normalized spacial score (nSPS) is 16.0. The average Bonchev–Trinajstić information content (AvgIpc) is 3.21. The Balaban J connectivity index is 1.61. The van der Waals surface area contributed by atoms with Gasteiger partial charge in [-0.15, -0.1) is 11.3 Å². The summed E-state index contributed by atoms with van der Waals surface area (Å²) in [6.07, 6.45) is 1.91. The number of nitrogens with one attached hydrogen (secondary N) is 1. The molecule has 1 N–H and O–H groups in total. The summed E-state index contributed by atoms with van der Waals surface area (Å²) in [5.41, 5.74) is 0. The number of piperidine rings is 1. The number of amides is 1. The van der Waals surface area contributed by atoms with Crippen LogP contribution in [0.4, 0.5) is 5.13 Å². The smallest absolute Gasteiger partial charge is 0.264 e. The number of likely N-dealkylation sites (tertiary alicyclic amines) is 1. The van der Waals surface area contributed by atoms with E-state index in [9.17, 15) is 13.2 Å². The Morgan fingerprint density at radius 1 is 1.25 bits per heavy atom. The van der Waals surface area contributed by atoms with E-state index in [0.29, 0.717) is 37.2 Å². The van der Waals surface area contributed by atoms with Crippen molar-refractivity contribution in [2.45, 2.75) is 46.1 Å². The molecule has 3 heterocycles. The molecule has 1 saturated heterocycles. The first-order valence-corrected chi connectivity index (χ1v) is 13.1. The van der Waals surface area contributed by atoms with E-state index in [4.69, 9.17) is 0 Å². The fourth-order valence-corrected chi connectivity index (χ4v) is 7.10. The molecule has 3 rings (SSSR count). The lowest BCUT2D eigenvalue weighted by Crippen LogP contribution is -2.46. The molecule has 7 nitrogen and oxygen atoms in total. The molecule has 0 radical (unpaired) electrons. The van der Waals surface area contributed by atoms with Crippen LogP contribution >= 0.6 is 22.7 Å². The van der Waals surface area contributed by atoms with Crippen LogP contribution in [0.3, 0.4) is 0 Å². The van der Waals surface area contributed by atoms with Crippen LogP contribution in [0.25, 0.3) is 9.53 Å². The van der Waals surface area contributed by atoms with Crippen molar-refractivity contribution in [3.63, 3.8) is 0 Å². The van der Waals surface area contributed by atoms with Gasteiger partial charge in [-0.25, -0.2) is 18.1 Å². The molecule has 0 aromatic carbocycles. The number of carbonyl (C=O) groups is 1. The number of aromatic nitrogens is 1. The molecule has 1 aliphatic rings. The van der Waals surface area contributed by atoms with Gasteiger partial charge in [0.25, 0.3) is 5.91 Å². The van der Waals surface area contributed by atoms with Gasteiger partial charge in [0, 0.05) is 32.2 Å². The maximum atomic E-state index is 12.9. The van der Waals surface area contributed by atoms with Crippen LogP contribution in [0.2, 0.25) is 0 Å². The van der Waals surface area contributed by atoms with Crippen LogP contribution in [0.5, 0.6) is 0 Å². The third-order valence-electron chi connectivity index (χ3n) is 4.92. The molecular weight excluding hydrogens is 416 g/mol. The maximum absolute atomic E-state index is 12.9. The van der Waals surface area contributed by atoms with Gasteiger partial charge in [0.1, 0.15) is 4.83 Å². The number of hydrogen-bond donors (Lipinski definition) is 1. The first-order chi connectivity index (χ1) is 13.4. The largest absolute Gasteiger partial charge is 0.349 e. The molecule has 1 aliphatic heterocycles. The summed E-state index contributed by atoms with van der Waals surface area (Å²) in [7, 11) is -3.21. The number of thiazole rings is 1. The molecule has 0 saturated carbocycles. The Kier molecular flexibility index (Phi) is 6.95. The molecule has 2 aromatic rings. The number of anilines is 1. The van der Waals surface area contributed by atoms with Crippen LogP contribution in [0.15, 0.2) is 6.07 Å². The second-order valence-electron chi connectivity index (χ2n) is 6.95. The highest BCUT2D eigenvalue weighted by Crippen LogP contribution is 2.35. The highest BCUT2D eigenvalue weighted by atomic mass is 32.2. The molecule has 2 aromatic heterocycles. The summed E-state index contributed by atoms with van der Waals surface area (Å²) in [5.74, 6) is 0.176. The number of thiophene rings is 1. The molecule has 10 heteroatoms. The lowest BCUT2D eigenvalue weighted by molar-refractivity contribution is 0.0716. The average molecular weight is 445 g/mol. The first kappa shape index (κ1) is 21.5. The zero-order chi connectivity index (χ0) is 20.3. The van der Waals surface area contributed by atoms with Gasteiger partial charge < -0.3 is 9.80 Å². The van der Waals surface area contributed by atoms with Gasteiger partial charge in [-0.3, -0.25) is 4.79 Å². The van der Waals surface area contributed by atoms with E-state index in [1.54, 1.807) is 11.3 Å². The fourth-order valence-electron chi connectivity index (χ4n) is 3.40. The molecular formula is C18H28N4O3S3. The van der Waals surface area contributed by atoms with E-state index in [2.05, 4.69) is 28.5 Å². The van der Waals surface area contributed by atoms with E-state index in [0.717, 1.165) is 27.8 Å². The summed E-state index contributed by atoms with van der Waals surface area (Å²) in [4.78, 5) is 23.2.